The normalized spacial score (nSPS) is 19.2. The summed E-state index contributed by atoms with van der Waals surface area (Å²) in [6, 6.07) is 7.97. The third-order valence-electron chi connectivity index (χ3n) is 3.71. The molecule has 122 valence electrons. The van der Waals surface area contributed by atoms with Gasteiger partial charge < -0.3 is 19.6 Å². The Balaban J connectivity index is 2.01. The van der Waals surface area contributed by atoms with E-state index in [4.69, 9.17) is 4.74 Å². The fraction of sp³-hybridized carbons (Fsp3) is 0.588. The fourth-order valence-corrected chi connectivity index (χ4v) is 2.64. The van der Waals surface area contributed by atoms with Gasteiger partial charge >= 0.3 is 6.09 Å². The van der Waals surface area contributed by atoms with Crippen molar-refractivity contribution < 1.29 is 14.6 Å². The highest BCUT2D eigenvalue weighted by molar-refractivity contribution is 5.69. The number of carbonyl (C=O) groups is 1. The molecule has 1 N–H and O–H groups in total. The highest BCUT2D eigenvalue weighted by atomic mass is 16.6. The molecule has 5 heteroatoms. The number of aliphatic hydroxyl groups is 1. The zero-order chi connectivity index (χ0) is 16.3. The van der Waals surface area contributed by atoms with Gasteiger partial charge in [-0.1, -0.05) is 12.1 Å². The maximum Gasteiger partial charge on any atom is 0.410 e. The molecule has 1 amide bonds. The molecule has 5 nitrogen and oxygen atoms in total. The summed E-state index contributed by atoms with van der Waals surface area (Å²) in [4.78, 5) is 16.2. The summed E-state index contributed by atoms with van der Waals surface area (Å²) in [6.45, 7) is 9.88. The summed E-state index contributed by atoms with van der Waals surface area (Å²) in [6.07, 6.45) is -0.247. The van der Waals surface area contributed by atoms with Crippen LogP contribution in [-0.2, 0) is 11.3 Å². The number of anilines is 1. The molecule has 0 radical (unpaired) electrons. The topological polar surface area (TPSA) is 53.0 Å². The van der Waals surface area contributed by atoms with E-state index < -0.39 is 5.60 Å². The van der Waals surface area contributed by atoms with E-state index in [1.165, 1.54) is 0 Å². The Hall–Kier alpha value is -1.75. The summed E-state index contributed by atoms with van der Waals surface area (Å²) in [5, 5.41) is 9.25. The minimum Gasteiger partial charge on any atom is -0.444 e. The molecule has 2 rings (SSSR count). The van der Waals surface area contributed by atoms with Crippen molar-refractivity contribution in [3.63, 3.8) is 0 Å². The highest BCUT2D eigenvalue weighted by Crippen LogP contribution is 2.22. The molecule has 1 saturated heterocycles. The summed E-state index contributed by atoms with van der Waals surface area (Å²) in [5.41, 5.74) is 1.52. The number of amides is 1. The molecule has 0 saturated carbocycles. The van der Waals surface area contributed by atoms with Crippen LogP contribution in [-0.4, -0.2) is 47.4 Å². The minimum atomic E-state index is -0.469. The molecule has 1 fully saturated rings. The van der Waals surface area contributed by atoms with Crippen LogP contribution in [0.2, 0.25) is 0 Å². The van der Waals surface area contributed by atoms with Gasteiger partial charge in [-0.2, -0.15) is 0 Å². The van der Waals surface area contributed by atoms with Crippen molar-refractivity contribution in [3.8, 4) is 0 Å². The zero-order valence-electron chi connectivity index (χ0n) is 13.9. The Bertz CT molecular complexity index is 525. The van der Waals surface area contributed by atoms with Crippen LogP contribution in [0.3, 0.4) is 0 Å². The van der Waals surface area contributed by atoms with Crippen molar-refractivity contribution in [1.82, 2.24) is 4.90 Å². The largest absolute Gasteiger partial charge is 0.444 e. The van der Waals surface area contributed by atoms with Crippen LogP contribution in [0.1, 0.15) is 33.3 Å². The van der Waals surface area contributed by atoms with Crippen LogP contribution >= 0.6 is 0 Å². The van der Waals surface area contributed by atoms with Gasteiger partial charge in [-0.15, -0.1) is 0 Å². The first-order chi connectivity index (χ1) is 10.3. The minimum absolute atomic E-state index is 0.0429. The maximum atomic E-state index is 12.2. The number of carbonyl (C=O) groups excluding carboxylic acids is 1. The molecular formula is C17H26N2O3. The van der Waals surface area contributed by atoms with Crippen molar-refractivity contribution in [2.24, 2.45) is 0 Å². The number of rotatable bonds is 2. The van der Waals surface area contributed by atoms with Gasteiger partial charge in [0.2, 0.25) is 0 Å². The van der Waals surface area contributed by atoms with Crippen LogP contribution < -0.4 is 4.90 Å². The van der Waals surface area contributed by atoms with Gasteiger partial charge in [0.1, 0.15) is 5.60 Å². The van der Waals surface area contributed by atoms with E-state index in [2.05, 4.69) is 4.90 Å². The van der Waals surface area contributed by atoms with E-state index in [0.717, 1.165) is 24.3 Å². The third kappa shape index (κ3) is 4.13. The molecule has 1 heterocycles. The Kier molecular flexibility index (Phi) is 4.96. The fourth-order valence-electron chi connectivity index (χ4n) is 2.64. The molecule has 1 aromatic carbocycles. The molecule has 1 aliphatic rings. The predicted molar refractivity (Wildman–Crippen MR) is 87.0 cm³/mol. The smallest absolute Gasteiger partial charge is 0.410 e. The Morgan fingerprint density at radius 1 is 1.36 bits per heavy atom. The molecule has 0 aliphatic carbocycles. The van der Waals surface area contributed by atoms with Crippen LogP contribution in [0.5, 0.6) is 0 Å². The van der Waals surface area contributed by atoms with Gasteiger partial charge in [0.05, 0.1) is 6.61 Å². The second kappa shape index (κ2) is 6.57. The van der Waals surface area contributed by atoms with Gasteiger partial charge in [0.15, 0.2) is 0 Å². The SMILES string of the molecule is C[C@@H]1CN(c2cccc(CO)c2)CCN1C(=O)OC(C)(C)C. The molecule has 1 aromatic rings. The van der Waals surface area contributed by atoms with Gasteiger partial charge in [0.25, 0.3) is 0 Å². The monoisotopic (exact) mass is 306 g/mol. The average Bonchev–Trinajstić information content (AvgIpc) is 2.45. The lowest BCUT2D eigenvalue weighted by molar-refractivity contribution is 0.0159. The van der Waals surface area contributed by atoms with Crippen LogP contribution in [0.25, 0.3) is 0 Å². The second-order valence-corrected chi connectivity index (χ2v) is 6.80. The van der Waals surface area contributed by atoms with Crippen LogP contribution in [0.15, 0.2) is 24.3 Å². The molecule has 22 heavy (non-hydrogen) atoms. The van der Waals surface area contributed by atoms with Crippen LogP contribution in [0.4, 0.5) is 10.5 Å². The number of piperazine rings is 1. The van der Waals surface area contributed by atoms with E-state index >= 15 is 0 Å². The number of hydrogen-bond donors (Lipinski definition) is 1. The number of aliphatic hydroxyl groups excluding tert-OH is 1. The number of hydrogen-bond acceptors (Lipinski definition) is 4. The van der Waals surface area contributed by atoms with Crippen molar-refractivity contribution >= 4 is 11.8 Å². The number of nitrogens with zero attached hydrogens (tertiary/aromatic N) is 2. The lowest BCUT2D eigenvalue weighted by Crippen LogP contribution is -2.55. The van der Waals surface area contributed by atoms with E-state index in [1.807, 2.05) is 52.0 Å². The summed E-state index contributed by atoms with van der Waals surface area (Å²) < 4.78 is 5.46. The predicted octanol–water partition coefficient (Wildman–Crippen LogP) is 2.62. The van der Waals surface area contributed by atoms with E-state index in [-0.39, 0.29) is 18.7 Å². The third-order valence-corrected chi connectivity index (χ3v) is 3.71. The van der Waals surface area contributed by atoms with E-state index in [1.54, 1.807) is 4.90 Å². The quantitative estimate of drug-likeness (QED) is 0.912. The lowest BCUT2D eigenvalue weighted by Gasteiger charge is -2.41. The summed E-state index contributed by atoms with van der Waals surface area (Å²) >= 11 is 0. The lowest BCUT2D eigenvalue weighted by atomic mass is 10.1. The van der Waals surface area contributed by atoms with Gasteiger partial charge in [-0.25, -0.2) is 4.79 Å². The molecule has 1 atom stereocenters. The van der Waals surface area contributed by atoms with Crippen molar-refractivity contribution in [1.29, 1.82) is 0 Å². The summed E-state index contributed by atoms with van der Waals surface area (Å²) in [5.74, 6) is 0. The number of benzene rings is 1. The average molecular weight is 306 g/mol. The first kappa shape index (κ1) is 16.6. The van der Waals surface area contributed by atoms with Crippen LogP contribution in [0, 0.1) is 0 Å². The molecule has 0 aromatic heterocycles. The van der Waals surface area contributed by atoms with E-state index in [9.17, 15) is 9.90 Å². The standard InChI is InChI=1S/C17H26N2O3/c1-13-11-18(15-7-5-6-14(10-15)12-20)8-9-19(13)16(21)22-17(2,3)4/h5-7,10,13,20H,8-9,11-12H2,1-4H3/t13-/m1/s1. The van der Waals surface area contributed by atoms with Gasteiger partial charge in [0, 0.05) is 31.4 Å². The summed E-state index contributed by atoms with van der Waals surface area (Å²) in [7, 11) is 0. The van der Waals surface area contributed by atoms with Crippen molar-refractivity contribution in [2.75, 3.05) is 24.5 Å². The van der Waals surface area contributed by atoms with Gasteiger partial charge in [-0.05, 0) is 45.4 Å². The molecule has 0 bridgehead atoms. The highest BCUT2D eigenvalue weighted by Gasteiger charge is 2.30. The van der Waals surface area contributed by atoms with Crippen molar-refractivity contribution in [3.05, 3.63) is 29.8 Å². The first-order valence-electron chi connectivity index (χ1n) is 7.74. The zero-order valence-corrected chi connectivity index (χ0v) is 13.9. The van der Waals surface area contributed by atoms with Gasteiger partial charge in [-0.3, -0.25) is 0 Å². The van der Waals surface area contributed by atoms with E-state index in [0.29, 0.717) is 6.54 Å². The Labute approximate surface area is 132 Å². The molecule has 0 unspecified atom stereocenters. The first-order valence-corrected chi connectivity index (χ1v) is 7.74. The molecular weight excluding hydrogens is 280 g/mol. The molecule has 0 spiro atoms. The Morgan fingerprint density at radius 2 is 2.09 bits per heavy atom. The molecule has 1 aliphatic heterocycles. The number of ether oxygens (including phenoxy) is 1. The Morgan fingerprint density at radius 3 is 2.68 bits per heavy atom. The maximum absolute atomic E-state index is 12.2. The second-order valence-electron chi connectivity index (χ2n) is 6.80. The van der Waals surface area contributed by atoms with Crippen molar-refractivity contribution in [2.45, 2.75) is 45.9 Å².